The quantitative estimate of drug-likeness (QED) is 0.498. The highest BCUT2D eigenvalue weighted by Crippen LogP contribution is 2.16. The maximum atomic E-state index is 3.55. The van der Waals surface area contributed by atoms with Gasteiger partial charge in [-0.25, -0.2) is 0 Å². The Morgan fingerprint density at radius 2 is 2.13 bits per heavy atom. The first kappa shape index (κ1) is 12.7. The van der Waals surface area contributed by atoms with E-state index < -0.39 is 0 Å². The molecule has 1 unspecified atom stereocenters. The van der Waals surface area contributed by atoms with Crippen molar-refractivity contribution in [2.75, 3.05) is 19.6 Å². The average molecular weight is 210 g/mol. The number of nitrogens with one attached hydrogen (secondary N) is 2. The topological polar surface area (TPSA) is 24.1 Å². The Kier molecular flexibility index (Phi) is 6.69. The standard InChI is InChI=1S/C13H26N2/c1-12(2)15-10-6-9-14-11-13-7-4-3-5-8-13/h3-4,12-15H,5-11H2,1-2H3. The van der Waals surface area contributed by atoms with Crippen LogP contribution in [0.2, 0.25) is 0 Å². The smallest absolute Gasteiger partial charge is 0.00103 e. The molecule has 2 nitrogen and oxygen atoms in total. The molecular weight excluding hydrogens is 184 g/mol. The first-order valence-electron chi connectivity index (χ1n) is 6.38. The lowest BCUT2D eigenvalue weighted by atomic mass is 9.94. The van der Waals surface area contributed by atoms with Crippen LogP contribution >= 0.6 is 0 Å². The van der Waals surface area contributed by atoms with Crippen LogP contribution in [0.1, 0.15) is 39.5 Å². The number of allylic oxidation sites excluding steroid dienone is 2. The van der Waals surface area contributed by atoms with Gasteiger partial charge in [-0.3, -0.25) is 0 Å². The molecule has 0 heterocycles. The van der Waals surface area contributed by atoms with Crippen molar-refractivity contribution in [2.45, 2.75) is 45.6 Å². The molecule has 0 bridgehead atoms. The molecule has 0 aromatic heterocycles. The maximum Gasteiger partial charge on any atom is 0.00103 e. The van der Waals surface area contributed by atoms with Crippen molar-refractivity contribution in [3.63, 3.8) is 0 Å². The predicted octanol–water partition coefficient (Wildman–Crippen LogP) is 2.32. The fourth-order valence-corrected chi connectivity index (χ4v) is 1.95. The van der Waals surface area contributed by atoms with Crippen LogP contribution in [0.5, 0.6) is 0 Å². The number of hydrogen-bond donors (Lipinski definition) is 2. The SMILES string of the molecule is CC(C)NCCCNCC1CC=CCC1. The van der Waals surface area contributed by atoms with Crippen LogP contribution < -0.4 is 10.6 Å². The summed E-state index contributed by atoms with van der Waals surface area (Å²) in [6, 6.07) is 0.619. The maximum absolute atomic E-state index is 3.55. The molecule has 0 aliphatic heterocycles. The van der Waals surface area contributed by atoms with Crippen LogP contribution in [0.3, 0.4) is 0 Å². The van der Waals surface area contributed by atoms with Gasteiger partial charge in [0.1, 0.15) is 0 Å². The minimum absolute atomic E-state index is 0.619. The van der Waals surface area contributed by atoms with Crippen LogP contribution in [0.4, 0.5) is 0 Å². The minimum Gasteiger partial charge on any atom is -0.316 e. The molecule has 0 aromatic carbocycles. The summed E-state index contributed by atoms with van der Waals surface area (Å²) in [6.07, 6.45) is 9.80. The monoisotopic (exact) mass is 210 g/mol. The Bertz CT molecular complexity index is 175. The van der Waals surface area contributed by atoms with E-state index in [0.717, 1.165) is 19.0 Å². The van der Waals surface area contributed by atoms with Crippen LogP contribution in [0, 0.1) is 5.92 Å². The van der Waals surface area contributed by atoms with Crippen molar-refractivity contribution in [1.29, 1.82) is 0 Å². The third-order valence-corrected chi connectivity index (χ3v) is 2.89. The molecule has 88 valence electrons. The van der Waals surface area contributed by atoms with E-state index >= 15 is 0 Å². The summed E-state index contributed by atoms with van der Waals surface area (Å²) in [5, 5.41) is 6.99. The van der Waals surface area contributed by atoms with Gasteiger partial charge < -0.3 is 10.6 Å². The summed E-state index contributed by atoms with van der Waals surface area (Å²) >= 11 is 0. The van der Waals surface area contributed by atoms with Gasteiger partial charge in [-0.05, 0) is 51.2 Å². The Balaban J connectivity index is 1.86. The zero-order valence-electron chi connectivity index (χ0n) is 10.3. The molecule has 0 radical (unpaired) electrons. The lowest BCUT2D eigenvalue weighted by Crippen LogP contribution is -2.29. The van der Waals surface area contributed by atoms with Crippen LogP contribution in [0.15, 0.2) is 12.2 Å². The largest absolute Gasteiger partial charge is 0.316 e. The van der Waals surface area contributed by atoms with Gasteiger partial charge in [0.05, 0.1) is 0 Å². The van der Waals surface area contributed by atoms with E-state index in [0.29, 0.717) is 6.04 Å². The van der Waals surface area contributed by atoms with E-state index in [4.69, 9.17) is 0 Å². The zero-order chi connectivity index (χ0) is 10.9. The normalized spacial score (nSPS) is 21.1. The molecule has 1 aliphatic carbocycles. The number of hydrogen-bond acceptors (Lipinski definition) is 2. The van der Waals surface area contributed by atoms with Crippen LogP contribution in [0.25, 0.3) is 0 Å². The van der Waals surface area contributed by atoms with E-state index in [2.05, 4.69) is 36.6 Å². The zero-order valence-corrected chi connectivity index (χ0v) is 10.3. The molecule has 2 heteroatoms. The second-order valence-electron chi connectivity index (χ2n) is 4.82. The molecule has 0 amide bonds. The lowest BCUT2D eigenvalue weighted by molar-refractivity contribution is 0.435. The summed E-state index contributed by atoms with van der Waals surface area (Å²) in [5.41, 5.74) is 0. The molecule has 15 heavy (non-hydrogen) atoms. The lowest BCUT2D eigenvalue weighted by Gasteiger charge is -2.18. The van der Waals surface area contributed by atoms with Gasteiger partial charge in [0.15, 0.2) is 0 Å². The summed E-state index contributed by atoms with van der Waals surface area (Å²) in [6.45, 7) is 7.88. The molecule has 0 spiro atoms. The third kappa shape index (κ3) is 6.69. The van der Waals surface area contributed by atoms with E-state index in [1.165, 1.54) is 32.2 Å². The van der Waals surface area contributed by atoms with Crippen molar-refractivity contribution in [3.8, 4) is 0 Å². The molecule has 0 aromatic rings. The highest BCUT2D eigenvalue weighted by atomic mass is 14.9. The second-order valence-corrected chi connectivity index (χ2v) is 4.82. The molecule has 0 saturated heterocycles. The third-order valence-electron chi connectivity index (χ3n) is 2.89. The fourth-order valence-electron chi connectivity index (χ4n) is 1.95. The first-order chi connectivity index (χ1) is 7.29. The molecule has 1 atom stereocenters. The van der Waals surface area contributed by atoms with Gasteiger partial charge in [0.25, 0.3) is 0 Å². The van der Waals surface area contributed by atoms with E-state index in [-0.39, 0.29) is 0 Å². The summed E-state index contributed by atoms with van der Waals surface area (Å²) in [7, 11) is 0. The van der Waals surface area contributed by atoms with Crippen LogP contribution in [-0.4, -0.2) is 25.7 Å². The van der Waals surface area contributed by atoms with Gasteiger partial charge in [0.2, 0.25) is 0 Å². The van der Waals surface area contributed by atoms with Crippen molar-refractivity contribution < 1.29 is 0 Å². The fraction of sp³-hybridized carbons (Fsp3) is 0.846. The Morgan fingerprint density at radius 1 is 1.27 bits per heavy atom. The van der Waals surface area contributed by atoms with Gasteiger partial charge in [-0.2, -0.15) is 0 Å². The van der Waals surface area contributed by atoms with Gasteiger partial charge in [0, 0.05) is 6.04 Å². The molecule has 1 aliphatic rings. The van der Waals surface area contributed by atoms with E-state index in [1.54, 1.807) is 0 Å². The second kappa shape index (κ2) is 7.89. The van der Waals surface area contributed by atoms with Crippen molar-refractivity contribution >= 4 is 0 Å². The highest BCUT2D eigenvalue weighted by Gasteiger charge is 2.08. The molecule has 0 saturated carbocycles. The van der Waals surface area contributed by atoms with E-state index in [9.17, 15) is 0 Å². The Hall–Kier alpha value is -0.340. The van der Waals surface area contributed by atoms with Crippen molar-refractivity contribution in [2.24, 2.45) is 5.92 Å². The van der Waals surface area contributed by atoms with Crippen molar-refractivity contribution in [1.82, 2.24) is 10.6 Å². The summed E-state index contributed by atoms with van der Waals surface area (Å²) < 4.78 is 0. The Labute approximate surface area is 94.5 Å². The predicted molar refractivity (Wildman–Crippen MR) is 67.1 cm³/mol. The number of rotatable bonds is 7. The summed E-state index contributed by atoms with van der Waals surface area (Å²) in [4.78, 5) is 0. The molecular formula is C13H26N2. The Morgan fingerprint density at radius 3 is 2.80 bits per heavy atom. The minimum atomic E-state index is 0.619. The van der Waals surface area contributed by atoms with E-state index in [1.807, 2.05) is 0 Å². The highest BCUT2D eigenvalue weighted by molar-refractivity contribution is 4.90. The van der Waals surface area contributed by atoms with Crippen LogP contribution in [-0.2, 0) is 0 Å². The average Bonchev–Trinajstić information content (AvgIpc) is 2.24. The van der Waals surface area contributed by atoms with Gasteiger partial charge >= 0.3 is 0 Å². The molecule has 1 rings (SSSR count). The molecule has 0 fully saturated rings. The van der Waals surface area contributed by atoms with Gasteiger partial charge in [-0.1, -0.05) is 26.0 Å². The van der Waals surface area contributed by atoms with Gasteiger partial charge in [-0.15, -0.1) is 0 Å². The van der Waals surface area contributed by atoms with Crippen molar-refractivity contribution in [3.05, 3.63) is 12.2 Å². The summed E-state index contributed by atoms with van der Waals surface area (Å²) in [5.74, 6) is 0.882. The molecule has 2 N–H and O–H groups in total. The first-order valence-corrected chi connectivity index (χ1v) is 6.38.